The Balaban J connectivity index is 1.68. The molecule has 6 heteroatoms. The Morgan fingerprint density at radius 3 is 2.76 bits per heavy atom. The maximum absolute atomic E-state index is 11.6. The van der Waals surface area contributed by atoms with Crippen molar-refractivity contribution in [1.29, 1.82) is 0 Å². The van der Waals surface area contributed by atoms with Gasteiger partial charge < -0.3 is 15.2 Å². The first kappa shape index (κ1) is 15.5. The topological polar surface area (TPSA) is 78.9 Å². The second-order valence-electron chi connectivity index (χ2n) is 5.16. The Labute approximate surface area is 123 Å². The Morgan fingerprint density at radius 1 is 1.29 bits per heavy atom. The predicted octanol–water partition coefficient (Wildman–Crippen LogP) is 0.478. The zero-order chi connectivity index (χ0) is 15.1. The number of likely N-dealkylation sites (tertiary alicyclic amines) is 1. The summed E-state index contributed by atoms with van der Waals surface area (Å²) in [6.45, 7) is 1.97. The molecule has 1 aliphatic heterocycles. The molecule has 1 heterocycles. The van der Waals surface area contributed by atoms with Crippen LogP contribution in [0, 0.1) is 0 Å². The highest BCUT2D eigenvalue weighted by atomic mass is 16.5. The molecule has 21 heavy (non-hydrogen) atoms. The van der Waals surface area contributed by atoms with Gasteiger partial charge in [-0.15, -0.1) is 0 Å². The number of carboxylic acid groups (broad SMARTS) is 1. The summed E-state index contributed by atoms with van der Waals surface area (Å²) in [6, 6.07) is 10.3. The van der Waals surface area contributed by atoms with Gasteiger partial charge in [0, 0.05) is 25.7 Å². The summed E-state index contributed by atoms with van der Waals surface area (Å²) in [5.41, 5.74) is 1.26. The Kier molecular flexibility index (Phi) is 5.71. The van der Waals surface area contributed by atoms with E-state index in [0.29, 0.717) is 0 Å². The lowest BCUT2D eigenvalue weighted by atomic mass is 10.2. The molecule has 1 fully saturated rings. The molecule has 0 radical (unpaired) electrons. The van der Waals surface area contributed by atoms with E-state index in [1.807, 2.05) is 18.2 Å². The van der Waals surface area contributed by atoms with Crippen LogP contribution in [0.3, 0.4) is 0 Å². The number of carboxylic acids is 1. The molecule has 1 aliphatic rings. The van der Waals surface area contributed by atoms with E-state index in [-0.39, 0.29) is 18.6 Å². The lowest BCUT2D eigenvalue weighted by Crippen LogP contribution is -2.39. The van der Waals surface area contributed by atoms with Crippen molar-refractivity contribution in [2.24, 2.45) is 0 Å². The van der Waals surface area contributed by atoms with Gasteiger partial charge in [0.15, 0.2) is 0 Å². The quantitative estimate of drug-likeness (QED) is 0.764. The molecule has 2 N–H and O–H groups in total. The number of ether oxygens (including phenoxy) is 1. The van der Waals surface area contributed by atoms with Crippen LogP contribution in [0.4, 0.5) is 0 Å². The third-order valence-corrected chi connectivity index (χ3v) is 3.35. The number of benzene rings is 1. The number of nitrogens with zero attached hydrogens (tertiary/aromatic N) is 1. The minimum Gasteiger partial charge on any atom is -0.480 e. The van der Waals surface area contributed by atoms with Crippen molar-refractivity contribution in [2.75, 3.05) is 26.3 Å². The second-order valence-corrected chi connectivity index (χ2v) is 5.16. The molecule has 0 aliphatic carbocycles. The molecule has 1 unspecified atom stereocenters. The van der Waals surface area contributed by atoms with E-state index in [9.17, 15) is 9.59 Å². The van der Waals surface area contributed by atoms with Gasteiger partial charge in [0.25, 0.3) is 0 Å². The fraction of sp³-hybridized carbons (Fsp3) is 0.467. The maximum Gasteiger partial charge on any atom is 0.329 e. The van der Waals surface area contributed by atoms with E-state index in [0.717, 1.165) is 26.1 Å². The Bertz CT molecular complexity index is 478. The zero-order valence-corrected chi connectivity index (χ0v) is 11.8. The molecule has 0 bridgehead atoms. The lowest BCUT2D eigenvalue weighted by Gasteiger charge is -2.16. The smallest absolute Gasteiger partial charge is 0.329 e. The molecule has 2 rings (SSSR count). The molecular weight excluding hydrogens is 272 g/mol. The fourth-order valence-corrected chi connectivity index (χ4v) is 2.44. The van der Waals surface area contributed by atoms with Crippen LogP contribution in [0.2, 0.25) is 0 Å². The third-order valence-electron chi connectivity index (χ3n) is 3.35. The van der Waals surface area contributed by atoms with Gasteiger partial charge >= 0.3 is 5.97 Å². The number of carbonyl (C=O) groups is 2. The monoisotopic (exact) mass is 292 g/mol. The van der Waals surface area contributed by atoms with E-state index >= 15 is 0 Å². The second kappa shape index (κ2) is 7.75. The molecule has 1 aromatic carbocycles. The summed E-state index contributed by atoms with van der Waals surface area (Å²) in [6.07, 6.45) is 0.900. The molecule has 0 aromatic heterocycles. The van der Waals surface area contributed by atoms with Crippen LogP contribution in [0.1, 0.15) is 12.0 Å². The van der Waals surface area contributed by atoms with Crippen LogP contribution in [-0.4, -0.2) is 54.2 Å². The minimum atomic E-state index is -1.07. The van der Waals surface area contributed by atoms with E-state index < -0.39 is 12.6 Å². The summed E-state index contributed by atoms with van der Waals surface area (Å²) >= 11 is 0. The maximum atomic E-state index is 11.6. The number of amides is 1. The van der Waals surface area contributed by atoms with Crippen LogP contribution in [0.5, 0.6) is 0 Å². The number of nitrogens with one attached hydrogen (secondary N) is 1. The average Bonchev–Trinajstić information content (AvgIpc) is 2.86. The number of carbonyl (C=O) groups excluding carboxylic acids is 1. The van der Waals surface area contributed by atoms with E-state index in [4.69, 9.17) is 9.84 Å². The normalized spacial score (nSPS) is 18.6. The van der Waals surface area contributed by atoms with E-state index in [1.165, 1.54) is 5.56 Å². The summed E-state index contributed by atoms with van der Waals surface area (Å²) in [5, 5.41) is 11.3. The number of hydrogen-bond acceptors (Lipinski definition) is 4. The van der Waals surface area contributed by atoms with Gasteiger partial charge in [-0.3, -0.25) is 9.69 Å². The summed E-state index contributed by atoms with van der Waals surface area (Å²) in [4.78, 5) is 24.2. The van der Waals surface area contributed by atoms with Crippen LogP contribution < -0.4 is 5.32 Å². The fourth-order valence-electron chi connectivity index (χ4n) is 2.44. The minimum absolute atomic E-state index is 0.106. The van der Waals surface area contributed by atoms with Crippen molar-refractivity contribution in [2.45, 2.75) is 19.0 Å². The van der Waals surface area contributed by atoms with Crippen molar-refractivity contribution >= 4 is 11.9 Å². The van der Waals surface area contributed by atoms with Crippen LogP contribution in [0.25, 0.3) is 0 Å². The average molecular weight is 292 g/mol. The Hall–Kier alpha value is -1.92. The first-order valence-corrected chi connectivity index (χ1v) is 6.98. The SMILES string of the molecule is O=C(O)COCC(=O)NC1CCN(Cc2ccccc2)C1. The molecule has 0 saturated carbocycles. The van der Waals surface area contributed by atoms with Crippen molar-refractivity contribution in [3.8, 4) is 0 Å². The molecule has 1 amide bonds. The molecular formula is C15H20N2O4. The third kappa shape index (κ3) is 5.53. The Morgan fingerprint density at radius 2 is 2.05 bits per heavy atom. The molecule has 1 saturated heterocycles. The number of aliphatic carboxylic acids is 1. The lowest BCUT2D eigenvalue weighted by molar-refractivity contribution is -0.143. The zero-order valence-electron chi connectivity index (χ0n) is 11.8. The van der Waals surface area contributed by atoms with Crippen molar-refractivity contribution in [3.63, 3.8) is 0 Å². The first-order valence-electron chi connectivity index (χ1n) is 6.98. The van der Waals surface area contributed by atoms with Crippen molar-refractivity contribution in [3.05, 3.63) is 35.9 Å². The summed E-state index contributed by atoms with van der Waals surface area (Å²) < 4.78 is 4.76. The molecule has 1 atom stereocenters. The molecule has 0 spiro atoms. The molecule has 1 aromatic rings. The highest BCUT2D eigenvalue weighted by Crippen LogP contribution is 2.13. The highest BCUT2D eigenvalue weighted by Gasteiger charge is 2.23. The van der Waals surface area contributed by atoms with Gasteiger partial charge in [-0.2, -0.15) is 0 Å². The van der Waals surface area contributed by atoms with Gasteiger partial charge in [-0.05, 0) is 12.0 Å². The van der Waals surface area contributed by atoms with E-state index in [2.05, 4.69) is 22.3 Å². The molecule has 6 nitrogen and oxygen atoms in total. The number of rotatable bonds is 7. The summed E-state index contributed by atoms with van der Waals surface area (Å²) in [7, 11) is 0. The van der Waals surface area contributed by atoms with Gasteiger partial charge in [-0.1, -0.05) is 30.3 Å². The first-order chi connectivity index (χ1) is 10.1. The molecule has 114 valence electrons. The number of hydrogen-bond donors (Lipinski definition) is 2. The van der Waals surface area contributed by atoms with Gasteiger partial charge in [0.05, 0.1) is 0 Å². The van der Waals surface area contributed by atoms with Gasteiger partial charge in [0.2, 0.25) is 5.91 Å². The highest BCUT2D eigenvalue weighted by molar-refractivity contribution is 5.78. The van der Waals surface area contributed by atoms with Crippen molar-refractivity contribution < 1.29 is 19.4 Å². The van der Waals surface area contributed by atoms with Crippen LogP contribution >= 0.6 is 0 Å². The van der Waals surface area contributed by atoms with Crippen LogP contribution in [-0.2, 0) is 20.9 Å². The van der Waals surface area contributed by atoms with E-state index in [1.54, 1.807) is 0 Å². The van der Waals surface area contributed by atoms with Gasteiger partial charge in [-0.25, -0.2) is 4.79 Å². The standard InChI is InChI=1S/C15H20N2O4/c18-14(10-21-11-15(19)20)16-13-6-7-17(9-13)8-12-4-2-1-3-5-12/h1-5,13H,6-11H2,(H,16,18)(H,19,20). The van der Waals surface area contributed by atoms with Gasteiger partial charge in [0.1, 0.15) is 13.2 Å². The predicted molar refractivity (Wildman–Crippen MR) is 76.7 cm³/mol. The van der Waals surface area contributed by atoms with Crippen LogP contribution in [0.15, 0.2) is 30.3 Å². The summed E-state index contributed by atoms with van der Waals surface area (Å²) in [5.74, 6) is -1.33. The largest absolute Gasteiger partial charge is 0.480 e. The van der Waals surface area contributed by atoms with Crippen molar-refractivity contribution in [1.82, 2.24) is 10.2 Å².